The lowest BCUT2D eigenvalue weighted by atomic mass is 9.99. The van der Waals surface area contributed by atoms with Crippen LogP contribution in [-0.4, -0.2) is 111 Å². The molecule has 11 nitrogen and oxygen atoms in total. The van der Waals surface area contributed by atoms with Crippen molar-refractivity contribution in [1.82, 2.24) is 0 Å². The minimum atomic E-state index is -1.56. The number of benzene rings is 1. The van der Waals surface area contributed by atoms with E-state index in [2.05, 4.69) is 0 Å². The molecular formula is C19H28O11. The molecule has 1 aromatic rings. The Labute approximate surface area is 172 Å². The standard InChI is InChI=1S/C19H28O11/c20-10-3-1-9(2-4-10)5-6-27-19-17(26)15(24)14(23)12(30-19)8-29-18-16(25)13(22)11(21)7-28-18/h1-4,11-26H,5-8H2/t11-,12-,13+,14-,15+,16-,17-,18-,19+/m1/s1. The van der Waals surface area contributed by atoms with Crippen LogP contribution >= 0.6 is 0 Å². The van der Waals surface area contributed by atoms with Crippen LogP contribution in [0.15, 0.2) is 24.3 Å². The maximum absolute atomic E-state index is 10.2. The summed E-state index contributed by atoms with van der Waals surface area (Å²) in [6.07, 6.45) is -11.9. The number of phenolic OH excluding ortho intramolecular Hbond substituents is 1. The number of aliphatic hydroxyl groups is 6. The van der Waals surface area contributed by atoms with Crippen LogP contribution in [0.25, 0.3) is 0 Å². The zero-order valence-electron chi connectivity index (χ0n) is 16.1. The van der Waals surface area contributed by atoms with Crippen LogP contribution < -0.4 is 0 Å². The van der Waals surface area contributed by atoms with E-state index in [-0.39, 0.29) is 25.6 Å². The van der Waals surface area contributed by atoms with Gasteiger partial charge in [0.1, 0.15) is 48.5 Å². The van der Waals surface area contributed by atoms with Gasteiger partial charge < -0.3 is 54.7 Å². The summed E-state index contributed by atoms with van der Waals surface area (Å²) in [7, 11) is 0. The molecule has 0 unspecified atom stereocenters. The van der Waals surface area contributed by atoms with Gasteiger partial charge in [0, 0.05) is 0 Å². The van der Waals surface area contributed by atoms with Gasteiger partial charge in [0.15, 0.2) is 12.6 Å². The van der Waals surface area contributed by atoms with Gasteiger partial charge in [0.2, 0.25) is 0 Å². The number of aromatic hydroxyl groups is 1. The quantitative estimate of drug-likeness (QED) is 0.237. The molecule has 30 heavy (non-hydrogen) atoms. The highest BCUT2D eigenvalue weighted by atomic mass is 16.7. The van der Waals surface area contributed by atoms with Gasteiger partial charge in [0.05, 0.1) is 19.8 Å². The Hall–Kier alpha value is -1.38. The third kappa shape index (κ3) is 5.45. The zero-order chi connectivity index (χ0) is 21.8. The van der Waals surface area contributed by atoms with Crippen molar-refractivity contribution >= 4 is 0 Å². The molecule has 0 aromatic heterocycles. The van der Waals surface area contributed by atoms with Gasteiger partial charge in [-0.15, -0.1) is 0 Å². The van der Waals surface area contributed by atoms with Gasteiger partial charge in [-0.05, 0) is 24.1 Å². The molecule has 7 N–H and O–H groups in total. The van der Waals surface area contributed by atoms with E-state index in [1.165, 1.54) is 12.1 Å². The molecule has 0 radical (unpaired) electrons. The lowest BCUT2D eigenvalue weighted by Crippen LogP contribution is -2.60. The molecule has 11 heteroatoms. The van der Waals surface area contributed by atoms with Crippen molar-refractivity contribution in [2.75, 3.05) is 19.8 Å². The Morgan fingerprint density at radius 3 is 2.17 bits per heavy atom. The van der Waals surface area contributed by atoms with E-state index in [1.807, 2.05) is 0 Å². The second-order valence-corrected chi connectivity index (χ2v) is 7.39. The van der Waals surface area contributed by atoms with Gasteiger partial charge in [-0.3, -0.25) is 0 Å². The third-order valence-corrected chi connectivity index (χ3v) is 5.16. The van der Waals surface area contributed by atoms with Crippen LogP contribution in [0.3, 0.4) is 0 Å². The summed E-state index contributed by atoms with van der Waals surface area (Å²) in [5.41, 5.74) is 0.878. The predicted molar refractivity (Wildman–Crippen MR) is 98.2 cm³/mol. The fraction of sp³-hybridized carbons (Fsp3) is 0.684. The highest BCUT2D eigenvalue weighted by Gasteiger charge is 2.45. The van der Waals surface area contributed by atoms with Gasteiger partial charge >= 0.3 is 0 Å². The Kier molecular flexibility index (Phi) is 7.98. The molecule has 0 amide bonds. The van der Waals surface area contributed by atoms with Crippen LogP contribution in [0.1, 0.15) is 5.56 Å². The molecule has 0 spiro atoms. The van der Waals surface area contributed by atoms with Crippen molar-refractivity contribution in [2.24, 2.45) is 0 Å². The second-order valence-electron chi connectivity index (χ2n) is 7.39. The summed E-state index contributed by atoms with van der Waals surface area (Å²) >= 11 is 0. The number of hydrogen-bond donors (Lipinski definition) is 7. The van der Waals surface area contributed by atoms with Crippen molar-refractivity contribution in [3.8, 4) is 5.75 Å². The van der Waals surface area contributed by atoms with E-state index in [4.69, 9.17) is 18.9 Å². The lowest BCUT2D eigenvalue weighted by molar-refractivity contribution is -0.320. The topological polar surface area (TPSA) is 179 Å². The summed E-state index contributed by atoms with van der Waals surface area (Å²) < 4.78 is 21.5. The summed E-state index contributed by atoms with van der Waals surface area (Å²) in [5.74, 6) is 0.139. The highest BCUT2D eigenvalue weighted by Crippen LogP contribution is 2.24. The molecule has 2 heterocycles. The maximum Gasteiger partial charge on any atom is 0.186 e. The van der Waals surface area contributed by atoms with Gasteiger partial charge in [-0.2, -0.15) is 0 Å². The highest BCUT2D eigenvalue weighted by molar-refractivity contribution is 5.25. The SMILES string of the molecule is Oc1ccc(CCO[C@H]2O[C@H](CO[C@H]3OC[C@@H](O)[C@H](O)[C@H]3O)[C@@H](O)[C@H](O)[C@H]2O)cc1. The maximum atomic E-state index is 10.2. The van der Waals surface area contributed by atoms with Crippen molar-refractivity contribution < 1.29 is 54.7 Å². The minimum absolute atomic E-state index is 0.136. The summed E-state index contributed by atoms with van der Waals surface area (Å²) in [5, 5.41) is 68.7. The molecule has 0 saturated carbocycles. The normalized spacial score (nSPS) is 39.7. The average Bonchev–Trinajstić information content (AvgIpc) is 2.73. The number of phenols is 1. The van der Waals surface area contributed by atoms with Crippen LogP contribution in [0, 0.1) is 0 Å². The van der Waals surface area contributed by atoms with E-state index >= 15 is 0 Å². The minimum Gasteiger partial charge on any atom is -0.508 e. The van der Waals surface area contributed by atoms with E-state index in [1.54, 1.807) is 12.1 Å². The number of rotatable bonds is 7. The van der Waals surface area contributed by atoms with Crippen LogP contribution in [0.4, 0.5) is 0 Å². The number of aliphatic hydroxyl groups excluding tert-OH is 6. The fourth-order valence-electron chi connectivity index (χ4n) is 3.26. The molecule has 170 valence electrons. The molecule has 1 aromatic carbocycles. The average molecular weight is 432 g/mol. The Bertz CT molecular complexity index is 656. The second kappa shape index (κ2) is 10.3. The van der Waals surface area contributed by atoms with E-state index in [0.29, 0.717) is 6.42 Å². The van der Waals surface area contributed by atoms with Crippen molar-refractivity contribution in [3.63, 3.8) is 0 Å². The van der Waals surface area contributed by atoms with Gasteiger partial charge in [-0.25, -0.2) is 0 Å². The first-order chi connectivity index (χ1) is 14.3. The van der Waals surface area contributed by atoms with Crippen molar-refractivity contribution in [1.29, 1.82) is 0 Å². The molecule has 9 atom stereocenters. The van der Waals surface area contributed by atoms with Crippen LogP contribution in [0.5, 0.6) is 5.75 Å². The van der Waals surface area contributed by atoms with Gasteiger partial charge in [-0.1, -0.05) is 12.1 Å². The van der Waals surface area contributed by atoms with Crippen molar-refractivity contribution in [3.05, 3.63) is 29.8 Å². The van der Waals surface area contributed by atoms with Gasteiger partial charge in [0.25, 0.3) is 0 Å². The molecule has 0 bridgehead atoms. The van der Waals surface area contributed by atoms with Crippen molar-refractivity contribution in [2.45, 2.75) is 61.7 Å². The molecule has 2 aliphatic heterocycles. The first-order valence-electron chi connectivity index (χ1n) is 9.64. The predicted octanol–water partition coefficient (Wildman–Crippen LogP) is -2.79. The molecule has 2 aliphatic rings. The van der Waals surface area contributed by atoms with Crippen LogP contribution in [0.2, 0.25) is 0 Å². The lowest BCUT2D eigenvalue weighted by Gasteiger charge is -2.41. The van der Waals surface area contributed by atoms with E-state index < -0.39 is 55.3 Å². The fourth-order valence-corrected chi connectivity index (χ4v) is 3.26. The monoisotopic (exact) mass is 432 g/mol. The summed E-state index contributed by atoms with van der Waals surface area (Å²) in [6, 6.07) is 6.50. The summed E-state index contributed by atoms with van der Waals surface area (Å²) in [6.45, 7) is -0.452. The van der Waals surface area contributed by atoms with E-state index in [0.717, 1.165) is 5.56 Å². The smallest absolute Gasteiger partial charge is 0.186 e. The zero-order valence-corrected chi connectivity index (χ0v) is 16.1. The summed E-state index contributed by atoms with van der Waals surface area (Å²) in [4.78, 5) is 0. The number of ether oxygens (including phenoxy) is 4. The number of hydrogen-bond acceptors (Lipinski definition) is 11. The molecule has 0 aliphatic carbocycles. The molecule has 2 saturated heterocycles. The third-order valence-electron chi connectivity index (χ3n) is 5.16. The first-order valence-corrected chi connectivity index (χ1v) is 9.64. The first kappa shape index (κ1) is 23.3. The van der Waals surface area contributed by atoms with E-state index in [9.17, 15) is 35.7 Å². The molecule has 3 rings (SSSR count). The Morgan fingerprint density at radius 2 is 1.47 bits per heavy atom. The van der Waals surface area contributed by atoms with Crippen LogP contribution in [-0.2, 0) is 25.4 Å². The molecule has 2 fully saturated rings. The molecular weight excluding hydrogens is 404 g/mol. The largest absolute Gasteiger partial charge is 0.508 e. The Morgan fingerprint density at radius 1 is 0.800 bits per heavy atom. The Balaban J connectivity index is 1.51.